The lowest BCUT2D eigenvalue weighted by atomic mass is 10.1. The Morgan fingerprint density at radius 3 is 2.41 bits per heavy atom. The molecule has 0 fully saturated rings. The van der Waals surface area contributed by atoms with E-state index in [4.69, 9.17) is 0 Å². The van der Waals surface area contributed by atoms with Gasteiger partial charge < -0.3 is 0 Å². The third-order valence-corrected chi connectivity index (χ3v) is 5.14. The molecule has 0 amide bonds. The third-order valence-electron chi connectivity index (χ3n) is 3.21. The molecular formula is C13H14F3N3O2S. The summed E-state index contributed by atoms with van der Waals surface area (Å²) < 4.78 is 65.8. The summed E-state index contributed by atoms with van der Waals surface area (Å²) in [6.45, 7) is 1.45. The molecule has 1 aromatic carbocycles. The second kappa shape index (κ2) is 5.31. The number of hydrogen-bond donors (Lipinski definition) is 0. The fourth-order valence-corrected chi connectivity index (χ4v) is 3.33. The number of nitrogens with zero attached hydrogens (tertiary/aromatic N) is 3. The number of benzene rings is 1. The minimum absolute atomic E-state index is 0.240. The van der Waals surface area contributed by atoms with E-state index in [2.05, 4.69) is 5.10 Å². The summed E-state index contributed by atoms with van der Waals surface area (Å²) in [5.41, 5.74) is -0.501. The van der Waals surface area contributed by atoms with Crippen LogP contribution in [0.15, 0.2) is 35.5 Å². The number of anilines is 1. The summed E-state index contributed by atoms with van der Waals surface area (Å²) in [4.78, 5) is -0.381. The predicted molar refractivity (Wildman–Crippen MR) is 75.0 cm³/mol. The van der Waals surface area contributed by atoms with Crippen LogP contribution in [0.2, 0.25) is 0 Å². The minimum Gasteiger partial charge on any atom is -0.274 e. The Hall–Kier alpha value is -2.03. The van der Waals surface area contributed by atoms with Crippen LogP contribution in [0, 0.1) is 6.92 Å². The van der Waals surface area contributed by atoms with E-state index in [0.717, 1.165) is 16.4 Å². The molecule has 0 aliphatic carbocycles. The molecule has 9 heteroatoms. The molecule has 0 aliphatic rings. The molecule has 0 saturated carbocycles. The van der Waals surface area contributed by atoms with Crippen molar-refractivity contribution >= 4 is 15.7 Å². The van der Waals surface area contributed by atoms with Gasteiger partial charge in [0.25, 0.3) is 10.0 Å². The highest BCUT2D eigenvalue weighted by Gasteiger charge is 2.33. The van der Waals surface area contributed by atoms with Gasteiger partial charge in [-0.3, -0.25) is 8.99 Å². The molecule has 0 unspecified atom stereocenters. The van der Waals surface area contributed by atoms with E-state index in [1.54, 1.807) is 7.05 Å². The van der Waals surface area contributed by atoms with Gasteiger partial charge in [0.05, 0.1) is 22.3 Å². The topological polar surface area (TPSA) is 55.2 Å². The maximum Gasteiger partial charge on any atom is 0.416 e. The lowest BCUT2D eigenvalue weighted by Gasteiger charge is -2.19. The number of sulfonamides is 1. The van der Waals surface area contributed by atoms with Gasteiger partial charge in [-0.25, -0.2) is 8.42 Å². The molecule has 0 bridgehead atoms. The first-order valence-corrected chi connectivity index (χ1v) is 7.63. The fourth-order valence-electron chi connectivity index (χ4n) is 1.91. The van der Waals surface area contributed by atoms with Crippen LogP contribution in [-0.4, -0.2) is 25.2 Å². The quantitative estimate of drug-likeness (QED) is 0.867. The summed E-state index contributed by atoms with van der Waals surface area (Å²) in [6, 6.07) is 2.66. The van der Waals surface area contributed by atoms with Crippen molar-refractivity contribution in [3.05, 3.63) is 41.7 Å². The molecule has 0 radical (unpaired) electrons. The lowest BCUT2D eigenvalue weighted by Crippen LogP contribution is -2.27. The lowest BCUT2D eigenvalue weighted by molar-refractivity contribution is -0.137. The summed E-state index contributed by atoms with van der Waals surface area (Å²) >= 11 is 0. The Labute approximate surface area is 126 Å². The van der Waals surface area contributed by atoms with Crippen LogP contribution in [0.1, 0.15) is 11.1 Å². The van der Waals surface area contributed by atoms with Crippen molar-refractivity contribution in [3.63, 3.8) is 0 Å². The molecule has 120 valence electrons. The SMILES string of the molecule is Cc1ccc(C(F)(F)F)cc1S(=O)(=O)N(C)c1cnn(C)c1. The average Bonchev–Trinajstić information content (AvgIpc) is 2.83. The summed E-state index contributed by atoms with van der Waals surface area (Å²) in [6.07, 6.45) is -1.83. The highest BCUT2D eigenvalue weighted by molar-refractivity contribution is 7.92. The van der Waals surface area contributed by atoms with Crippen molar-refractivity contribution in [1.29, 1.82) is 0 Å². The molecule has 0 N–H and O–H groups in total. The van der Waals surface area contributed by atoms with Gasteiger partial charge in [0.1, 0.15) is 0 Å². The number of aryl methyl sites for hydroxylation is 2. The number of halogens is 3. The number of alkyl halides is 3. The second-order valence-corrected chi connectivity index (χ2v) is 6.76. The second-order valence-electron chi connectivity index (χ2n) is 4.82. The van der Waals surface area contributed by atoms with Crippen molar-refractivity contribution < 1.29 is 21.6 Å². The van der Waals surface area contributed by atoms with Crippen LogP contribution in [0.5, 0.6) is 0 Å². The Morgan fingerprint density at radius 2 is 1.91 bits per heavy atom. The summed E-state index contributed by atoms with van der Waals surface area (Å²) in [5, 5.41) is 3.85. The van der Waals surface area contributed by atoms with Crippen LogP contribution in [0.4, 0.5) is 18.9 Å². The van der Waals surface area contributed by atoms with Gasteiger partial charge in [0.15, 0.2) is 0 Å². The van der Waals surface area contributed by atoms with Crippen LogP contribution < -0.4 is 4.31 Å². The van der Waals surface area contributed by atoms with Crippen molar-refractivity contribution in [3.8, 4) is 0 Å². The van der Waals surface area contributed by atoms with E-state index in [1.807, 2.05) is 0 Å². The van der Waals surface area contributed by atoms with Gasteiger partial charge in [0.2, 0.25) is 0 Å². The minimum atomic E-state index is -4.61. The molecule has 22 heavy (non-hydrogen) atoms. The zero-order valence-corrected chi connectivity index (χ0v) is 12.9. The molecule has 1 aromatic heterocycles. The highest BCUT2D eigenvalue weighted by atomic mass is 32.2. The average molecular weight is 333 g/mol. The van der Waals surface area contributed by atoms with E-state index in [0.29, 0.717) is 6.07 Å². The maximum atomic E-state index is 12.8. The molecule has 5 nitrogen and oxygen atoms in total. The smallest absolute Gasteiger partial charge is 0.274 e. The maximum absolute atomic E-state index is 12.8. The van der Waals surface area contributed by atoms with E-state index in [-0.39, 0.29) is 16.1 Å². The first kappa shape index (κ1) is 16.3. The first-order chi connectivity index (χ1) is 10.0. The zero-order valence-electron chi connectivity index (χ0n) is 12.1. The highest BCUT2D eigenvalue weighted by Crippen LogP contribution is 2.33. The molecule has 0 saturated heterocycles. The van der Waals surface area contributed by atoms with Gasteiger partial charge in [-0.2, -0.15) is 18.3 Å². The molecule has 0 spiro atoms. The van der Waals surface area contributed by atoms with Crippen molar-refractivity contribution in [2.45, 2.75) is 18.0 Å². The molecule has 1 heterocycles. The monoisotopic (exact) mass is 333 g/mol. The van der Waals surface area contributed by atoms with Gasteiger partial charge in [-0.1, -0.05) is 6.07 Å². The number of rotatable bonds is 3. The van der Waals surface area contributed by atoms with Crippen molar-refractivity contribution in [1.82, 2.24) is 9.78 Å². The van der Waals surface area contributed by atoms with Gasteiger partial charge in [0, 0.05) is 20.3 Å². The van der Waals surface area contributed by atoms with Crippen LogP contribution in [-0.2, 0) is 23.2 Å². The standard InChI is InChI=1S/C13H14F3N3O2S/c1-9-4-5-10(13(14,15)16)6-12(9)22(20,21)19(3)11-7-17-18(2)8-11/h4-8H,1-3H3. The fraction of sp³-hybridized carbons (Fsp3) is 0.308. The predicted octanol–water partition coefficient (Wildman–Crippen LogP) is 2.57. The number of hydrogen-bond acceptors (Lipinski definition) is 3. The largest absolute Gasteiger partial charge is 0.416 e. The third kappa shape index (κ3) is 2.94. The molecule has 0 aliphatic heterocycles. The first-order valence-electron chi connectivity index (χ1n) is 6.19. The molecule has 2 rings (SSSR count). The number of aromatic nitrogens is 2. The van der Waals surface area contributed by atoms with Gasteiger partial charge in [-0.15, -0.1) is 0 Å². The van der Waals surface area contributed by atoms with Crippen LogP contribution in [0.25, 0.3) is 0 Å². The normalized spacial score (nSPS) is 12.5. The Morgan fingerprint density at radius 1 is 1.27 bits per heavy atom. The van der Waals surface area contributed by atoms with Crippen molar-refractivity contribution in [2.75, 3.05) is 11.4 Å². The van der Waals surface area contributed by atoms with E-state index >= 15 is 0 Å². The van der Waals surface area contributed by atoms with E-state index < -0.39 is 21.8 Å². The molecular weight excluding hydrogens is 319 g/mol. The summed E-state index contributed by atoms with van der Waals surface area (Å²) in [5.74, 6) is 0. The molecule has 2 aromatic rings. The van der Waals surface area contributed by atoms with Gasteiger partial charge in [-0.05, 0) is 24.6 Å². The van der Waals surface area contributed by atoms with Crippen LogP contribution >= 0.6 is 0 Å². The molecule has 0 atom stereocenters. The van der Waals surface area contributed by atoms with E-state index in [1.165, 1.54) is 31.0 Å². The van der Waals surface area contributed by atoms with Crippen LogP contribution in [0.3, 0.4) is 0 Å². The Bertz CT molecular complexity index is 797. The Kier molecular flexibility index (Phi) is 3.94. The van der Waals surface area contributed by atoms with Gasteiger partial charge >= 0.3 is 6.18 Å². The zero-order chi connectivity index (χ0) is 16.7. The Balaban J connectivity index is 2.54. The van der Waals surface area contributed by atoms with E-state index in [9.17, 15) is 21.6 Å². The van der Waals surface area contributed by atoms with Crippen molar-refractivity contribution in [2.24, 2.45) is 7.05 Å². The summed E-state index contributed by atoms with van der Waals surface area (Å²) in [7, 11) is -1.23.